The van der Waals surface area contributed by atoms with Gasteiger partial charge < -0.3 is 19.2 Å². The second-order valence-electron chi connectivity index (χ2n) is 6.28. The molecule has 1 aliphatic heterocycles. The van der Waals surface area contributed by atoms with E-state index in [9.17, 15) is 9.90 Å². The lowest BCUT2D eigenvalue weighted by atomic mass is 10.1. The number of piperazine rings is 1. The van der Waals surface area contributed by atoms with Crippen LogP contribution in [0.15, 0.2) is 22.8 Å². The van der Waals surface area contributed by atoms with Crippen LogP contribution in [0.1, 0.15) is 29.4 Å². The van der Waals surface area contributed by atoms with E-state index in [2.05, 4.69) is 15.0 Å². The summed E-state index contributed by atoms with van der Waals surface area (Å²) in [6.45, 7) is 6.33. The predicted molar refractivity (Wildman–Crippen MR) is 98.0 cm³/mol. The Kier molecular flexibility index (Phi) is 4.75. The molecule has 0 saturated carbocycles. The number of ether oxygens (including phenoxy) is 1. The number of thiazole rings is 1. The molecule has 144 valence electrons. The van der Waals surface area contributed by atoms with Gasteiger partial charge in [-0.25, -0.2) is 9.78 Å². The lowest BCUT2D eigenvalue weighted by molar-refractivity contribution is 0.0686. The number of nitrogens with zero attached hydrogens (tertiary/aromatic N) is 5. The van der Waals surface area contributed by atoms with Crippen molar-refractivity contribution in [3.63, 3.8) is 0 Å². The van der Waals surface area contributed by atoms with Gasteiger partial charge in [0.15, 0.2) is 0 Å². The zero-order valence-electron chi connectivity index (χ0n) is 15.2. The van der Waals surface area contributed by atoms with Gasteiger partial charge in [0.25, 0.3) is 0 Å². The Morgan fingerprint density at radius 2 is 2.19 bits per heavy atom. The molecule has 0 aliphatic carbocycles. The highest BCUT2D eigenvalue weighted by atomic mass is 32.1. The van der Waals surface area contributed by atoms with E-state index >= 15 is 0 Å². The maximum absolute atomic E-state index is 12.0. The van der Waals surface area contributed by atoms with Crippen molar-refractivity contribution in [3.8, 4) is 5.88 Å². The molecule has 0 bridgehead atoms. The molecule has 0 radical (unpaired) electrons. The van der Waals surface area contributed by atoms with Crippen molar-refractivity contribution in [1.29, 1.82) is 0 Å². The van der Waals surface area contributed by atoms with Crippen LogP contribution in [0, 0.1) is 6.92 Å². The van der Waals surface area contributed by atoms with Crippen LogP contribution in [0.2, 0.25) is 0 Å². The van der Waals surface area contributed by atoms with Gasteiger partial charge in [-0.05, 0) is 26.0 Å². The summed E-state index contributed by atoms with van der Waals surface area (Å²) in [5.41, 5.74) is 0. The molecule has 1 fully saturated rings. The van der Waals surface area contributed by atoms with Crippen LogP contribution >= 0.6 is 11.3 Å². The van der Waals surface area contributed by atoms with Crippen LogP contribution in [0.25, 0.3) is 4.96 Å². The highest BCUT2D eigenvalue weighted by Crippen LogP contribution is 2.40. The Hall–Kier alpha value is -2.59. The Morgan fingerprint density at radius 1 is 1.41 bits per heavy atom. The zero-order valence-corrected chi connectivity index (χ0v) is 16.0. The molecule has 10 heteroatoms. The van der Waals surface area contributed by atoms with Crippen LogP contribution in [-0.4, -0.2) is 68.4 Å². The fraction of sp³-hybridized carbons (Fsp3) is 0.471. The molecule has 1 amide bonds. The maximum atomic E-state index is 12.0. The van der Waals surface area contributed by atoms with Gasteiger partial charge in [0.1, 0.15) is 17.6 Å². The van der Waals surface area contributed by atoms with Gasteiger partial charge in [-0.15, -0.1) is 5.10 Å². The number of carbonyl (C=O) groups is 1. The van der Waals surface area contributed by atoms with E-state index in [0.717, 1.165) is 10.6 Å². The Balaban J connectivity index is 1.62. The molecule has 1 aliphatic rings. The number of aryl methyl sites for hydroxylation is 1. The van der Waals surface area contributed by atoms with Crippen LogP contribution < -0.4 is 0 Å². The molecule has 1 atom stereocenters. The third-order valence-electron chi connectivity index (χ3n) is 4.57. The van der Waals surface area contributed by atoms with Crippen molar-refractivity contribution in [2.24, 2.45) is 0 Å². The van der Waals surface area contributed by atoms with Gasteiger partial charge in [-0.1, -0.05) is 11.3 Å². The zero-order chi connectivity index (χ0) is 19.0. The van der Waals surface area contributed by atoms with Crippen LogP contribution in [0.4, 0.5) is 4.79 Å². The van der Waals surface area contributed by atoms with Crippen molar-refractivity contribution in [2.45, 2.75) is 19.9 Å². The summed E-state index contributed by atoms with van der Waals surface area (Å²) < 4.78 is 12.2. The fourth-order valence-corrected chi connectivity index (χ4v) is 4.47. The number of fused-ring (bicyclic) bond motifs is 1. The molecular formula is C17H21N5O4S. The summed E-state index contributed by atoms with van der Waals surface area (Å²) in [7, 11) is 0. The van der Waals surface area contributed by atoms with Crippen molar-refractivity contribution >= 4 is 22.4 Å². The lowest BCUT2D eigenvalue weighted by Gasteiger charge is -2.37. The number of aromatic hydroxyl groups is 1. The molecule has 3 aromatic heterocycles. The number of rotatable bonds is 4. The number of hydrogen-bond donors (Lipinski definition) is 1. The average molecular weight is 391 g/mol. The summed E-state index contributed by atoms with van der Waals surface area (Å²) in [6.07, 6.45) is 1.33. The summed E-state index contributed by atoms with van der Waals surface area (Å²) >= 11 is 1.39. The molecule has 27 heavy (non-hydrogen) atoms. The van der Waals surface area contributed by atoms with E-state index < -0.39 is 0 Å². The number of amides is 1. The number of carbonyl (C=O) groups excluding carboxylic acids is 1. The highest BCUT2D eigenvalue weighted by molar-refractivity contribution is 7.17. The first-order valence-electron chi connectivity index (χ1n) is 8.82. The van der Waals surface area contributed by atoms with Gasteiger partial charge in [-0.2, -0.15) is 4.52 Å². The second-order valence-corrected chi connectivity index (χ2v) is 7.29. The SMILES string of the molecule is CCOC(=O)N1CCN([C@H](c2ccco2)c2sc3nc(C)nn3c2O)CC1. The smallest absolute Gasteiger partial charge is 0.409 e. The van der Waals surface area contributed by atoms with Crippen molar-refractivity contribution in [1.82, 2.24) is 24.4 Å². The topological polar surface area (TPSA) is 96.3 Å². The van der Waals surface area contributed by atoms with E-state index in [1.165, 1.54) is 15.9 Å². The Labute approximate surface area is 159 Å². The van der Waals surface area contributed by atoms with Gasteiger partial charge in [0.05, 0.1) is 17.7 Å². The Morgan fingerprint density at radius 3 is 2.81 bits per heavy atom. The summed E-state index contributed by atoms with van der Waals surface area (Å²) in [6, 6.07) is 3.45. The molecular weight excluding hydrogens is 370 g/mol. The van der Waals surface area contributed by atoms with E-state index in [0.29, 0.717) is 43.6 Å². The molecule has 0 unspecified atom stereocenters. The fourth-order valence-electron chi connectivity index (χ4n) is 3.33. The third kappa shape index (κ3) is 3.26. The van der Waals surface area contributed by atoms with E-state index in [1.54, 1.807) is 25.0 Å². The van der Waals surface area contributed by atoms with Gasteiger partial charge in [-0.3, -0.25) is 4.90 Å². The molecule has 0 spiro atoms. The predicted octanol–water partition coefficient (Wildman–Crippen LogP) is 2.26. The third-order valence-corrected chi connectivity index (χ3v) is 5.64. The molecule has 0 aromatic carbocycles. The van der Waals surface area contributed by atoms with Crippen molar-refractivity contribution < 1.29 is 19.1 Å². The number of aromatic nitrogens is 3. The average Bonchev–Trinajstić information content (AvgIpc) is 3.36. The minimum Gasteiger partial charge on any atom is -0.492 e. The van der Waals surface area contributed by atoms with Crippen LogP contribution in [0.5, 0.6) is 5.88 Å². The number of hydrogen-bond acceptors (Lipinski definition) is 8. The maximum Gasteiger partial charge on any atom is 0.409 e. The van der Waals surface area contributed by atoms with Crippen LogP contribution in [0.3, 0.4) is 0 Å². The van der Waals surface area contributed by atoms with Crippen molar-refractivity contribution in [3.05, 3.63) is 34.9 Å². The summed E-state index contributed by atoms with van der Waals surface area (Å²) in [4.78, 5) is 21.6. The lowest BCUT2D eigenvalue weighted by Crippen LogP contribution is -2.49. The minimum atomic E-state index is -0.288. The monoisotopic (exact) mass is 391 g/mol. The molecule has 9 nitrogen and oxygen atoms in total. The Bertz CT molecular complexity index is 927. The molecule has 1 N–H and O–H groups in total. The largest absolute Gasteiger partial charge is 0.492 e. The first-order valence-corrected chi connectivity index (χ1v) is 9.64. The number of furan rings is 1. The standard InChI is InChI=1S/C17H21N5O4S/c1-3-25-17(24)21-8-6-20(7-9-21)13(12-5-4-10-26-12)14-15(23)22-16(27-14)18-11(2)19-22/h4-5,10,13,23H,3,6-9H2,1-2H3/t13-/m1/s1. The van der Waals surface area contributed by atoms with Gasteiger partial charge >= 0.3 is 6.09 Å². The summed E-state index contributed by atoms with van der Waals surface area (Å²) in [5.74, 6) is 1.42. The quantitative estimate of drug-likeness (QED) is 0.729. The first kappa shape index (κ1) is 17.8. The van der Waals surface area contributed by atoms with Gasteiger partial charge in [0, 0.05) is 26.2 Å². The highest BCUT2D eigenvalue weighted by Gasteiger charge is 2.34. The van der Waals surface area contributed by atoms with E-state index in [1.807, 2.05) is 12.1 Å². The minimum absolute atomic E-state index is 0.0739. The van der Waals surface area contributed by atoms with E-state index in [4.69, 9.17) is 9.15 Å². The molecule has 3 aromatic rings. The van der Waals surface area contributed by atoms with Crippen LogP contribution in [-0.2, 0) is 4.74 Å². The molecule has 1 saturated heterocycles. The van der Waals surface area contributed by atoms with Gasteiger partial charge in [0.2, 0.25) is 10.8 Å². The molecule has 4 heterocycles. The molecule has 4 rings (SSSR count). The first-order chi connectivity index (χ1) is 13.1. The normalized spacial score (nSPS) is 16.7. The van der Waals surface area contributed by atoms with E-state index in [-0.39, 0.29) is 18.0 Å². The summed E-state index contributed by atoms with van der Waals surface area (Å²) in [5, 5.41) is 15.0. The van der Waals surface area contributed by atoms with Crippen molar-refractivity contribution in [2.75, 3.05) is 32.8 Å². The second kappa shape index (κ2) is 7.20.